The third-order valence-electron chi connectivity index (χ3n) is 2.62. The standard InChI is InChI=1S/C14H12Cl4N2/c15-9-2-4-13(12(18)7-9)19-5-6-20-14-8-10(16)1-3-11(14)17/h1-4,7-8,19-20H,5-6H2. The average Bonchev–Trinajstić information content (AvgIpc) is 2.40. The number of hydrogen-bond donors (Lipinski definition) is 2. The lowest BCUT2D eigenvalue weighted by atomic mass is 10.3. The molecule has 2 rings (SSSR count). The predicted molar refractivity (Wildman–Crippen MR) is 89.9 cm³/mol. The van der Waals surface area contributed by atoms with Crippen LogP contribution >= 0.6 is 46.4 Å². The maximum atomic E-state index is 6.07. The normalized spacial score (nSPS) is 10.4. The molecular weight excluding hydrogens is 338 g/mol. The second-order valence-corrected chi connectivity index (χ2v) is 5.79. The zero-order chi connectivity index (χ0) is 14.5. The van der Waals surface area contributed by atoms with E-state index in [4.69, 9.17) is 46.4 Å². The van der Waals surface area contributed by atoms with Crippen LogP contribution in [0.25, 0.3) is 0 Å². The van der Waals surface area contributed by atoms with E-state index in [1.54, 1.807) is 30.3 Å². The van der Waals surface area contributed by atoms with Crippen LogP contribution in [-0.2, 0) is 0 Å². The molecule has 0 aliphatic rings. The lowest BCUT2D eigenvalue weighted by Crippen LogP contribution is -2.14. The minimum atomic E-state index is 0.596. The van der Waals surface area contributed by atoms with Gasteiger partial charge in [-0.25, -0.2) is 0 Å². The summed E-state index contributed by atoms with van der Waals surface area (Å²) in [5.74, 6) is 0. The Morgan fingerprint density at radius 2 is 1.25 bits per heavy atom. The molecule has 0 aliphatic heterocycles. The van der Waals surface area contributed by atoms with Crippen LogP contribution in [0, 0.1) is 0 Å². The number of halogens is 4. The van der Waals surface area contributed by atoms with Crippen LogP contribution in [0.4, 0.5) is 11.4 Å². The van der Waals surface area contributed by atoms with Crippen LogP contribution < -0.4 is 10.6 Å². The van der Waals surface area contributed by atoms with E-state index in [2.05, 4.69) is 10.6 Å². The minimum Gasteiger partial charge on any atom is -0.382 e. The Balaban J connectivity index is 1.86. The van der Waals surface area contributed by atoms with Crippen LogP contribution in [-0.4, -0.2) is 13.1 Å². The molecule has 0 heterocycles. The van der Waals surface area contributed by atoms with Gasteiger partial charge in [-0.15, -0.1) is 0 Å². The fraction of sp³-hybridized carbons (Fsp3) is 0.143. The van der Waals surface area contributed by atoms with Crippen molar-refractivity contribution >= 4 is 57.8 Å². The topological polar surface area (TPSA) is 24.1 Å². The summed E-state index contributed by atoms with van der Waals surface area (Å²) in [6.07, 6.45) is 0. The summed E-state index contributed by atoms with van der Waals surface area (Å²) >= 11 is 23.9. The van der Waals surface area contributed by atoms with Crippen LogP contribution in [0.15, 0.2) is 36.4 Å². The maximum Gasteiger partial charge on any atom is 0.0652 e. The number of anilines is 2. The average molecular weight is 350 g/mol. The fourth-order valence-corrected chi connectivity index (χ4v) is 2.49. The van der Waals surface area contributed by atoms with E-state index in [1.165, 1.54) is 0 Å². The first-order chi connectivity index (χ1) is 9.56. The molecule has 0 saturated carbocycles. The Morgan fingerprint density at radius 1 is 0.650 bits per heavy atom. The van der Waals surface area contributed by atoms with Gasteiger partial charge in [-0.1, -0.05) is 46.4 Å². The van der Waals surface area contributed by atoms with Crippen molar-refractivity contribution in [1.29, 1.82) is 0 Å². The molecule has 0 atom stereocenters. The second-order valence-electron chi connectivity index (χ2n) is 4.10. The molecule has 0 saturated heterocycles. The van der Waals surface area contributed by atoms with Crippen LogP contribution in [0.1, 0.15) is 0 Å². The van der Waals surface area contributed by atoms with Gasteiger partial charge in [-0.3, -0.25) is 0 Å². The smallest absolute Gasteiger partial charge is 0.0652 e. The Kier molecular flexibility index (Phi) is 5.67. The van der Waals surface area contributed by atoms with Gasteiger partial charge >= 0.3 is 0 Å². The molecule has 2 N–H and O–H groups in total. The summed E-state index contributed by atoms with van der Waals surface area (Å²) in [6, 6.07) is 10.6. The van der Waals surface area contributed by atoms with E-state index in [0.29, 0.717) is 33.2 Å². The van der Waals surface area contributed by atoms with Crippen molar-refractivity contribution < 1.29 is 0 Å². The number of hydrogen-bond acceptors (Lipinski definition) is 2. The molecular formula is C14H12Cl4N2. The highest BCUT2D eigenvalue weighted by Crippen LogP contribution is 2.26. The highest BCUT2D eigenvalue weighted by Gasteiger charge is 2.02. The largest absolute Gasteiger partial charge is 0.382 e. The van der Waals surface area contributed by atoms with Gasteiger partial charge in [-0.2, -0.15) is 0 Å². The van der Waals surface area contributed by atoms with Crippen LogP contribution in [0.2, 0.25) is 20.1 Å². The molecule has 2 nitrogen and oxygen atoms in total. The molecule has 0 bridgehead atoms. The zero-order valence-electron chi connectivity index (χ0n) is 10.4. The molecule has 0 aliphatic carbocycles. The van der Waals surface area contributed by atoms with Crippen molar-refractivity contribution in [2.75, 3.05) is 23.7 Å². The SMILES string of the molecule is Clc1ccc(NCCNc2cc(Cl)ccc2Cl)c(Cl)c1. The molecule has 106 valence electrons. The van der Waals surface area contributed by atoms with E-state index in [0.717, 1.165) is 11.4 Å². The molecule has 0 amide bonds. The van der Waals surface area contributed by atoms with Crippen molar-refractivity contribution in [3.63, 3.8) is 0 Å². The van der Waals surface area contributed by atoms with Crippen molar-refractivity contribution in [3.05, 3.63) is 56.5 Å². The predicted octanol–water partition coefficient (Wildman–Crippen LogP) is 5.82. The zero-order valence-corrected chi connectivity index (χ0v) is 13.4. The monoisotopic (exact) mass is 348 g/mol. The lowest BCUT2D eigenvalue weighted by molar-refractivity contribution is 1.08. The lowest BCUT2D eigenvalue weighted by Gasteiger charge is -2.11. The highest BCUT2D eigenvalue weighted by atomic mass is 35.5. The van der Waals surface area contributed by atoms with Crippen molar-refractivity contribution in [3.8, 4) is 0 Å². The van der Waals surface area contributed by atoms with Crippen molar-refractivity contribution in [2.24, 2.45) is 0 Å². The van der Waals surface area contributed by atoms with Crippen molar-refractivity contribution in [2.45, 2.75) is 0 Å². The number of benzene rings is 2. The summed E-state index contributed by atoms with van der Waals surface area (Å²) in [5, 5.41) is 8.91. The first kappa shape index (κ1) is 15.6. The first-order valence-corrected chi connectivity index (χ1v) is 7.45. The fourth-order valence-electron chi connectivity index (χ4n) is 1.66. The van der Waals surface area contributed by atoms with Crippen LogP contribution in [0.3, 0.4) is 0 Å². The van der Waals surface area contributed by atoms with Crippen LogP contribution in [0.5, 0.6) is 0 Å². The van der Waals surface area contributed by atoms with Gasteiger partial charge in [0.1, 0.15) is 0 Å². The summed E-state index contributed by atoms with van der Waals surface area (Å²) in [6.45, 7) is 1.36. The van der Waals surface area contributed by atoms with Gasteiger partial charge in [-0.05, 0) is 36.4 Å². The van der Waals surface area contributed by atoms with Gasteiger partial charge < -0.3 is 10.6 Å². The minimum absolute atomic E-state index is 0.596. The van der Waals surface area contributed by atoms with Gasteiger partial charge in [0, 0.05) is 23.1 Å². The van der Waals surface area contributed by atoms with Gasteiger partial charge in [0.25, 0.3) is 0 Å². The van der Waals surface area contributed by atoms with E-state index in [1.807, 2.05) is 6.07 Å². The quantitative estimate of drug-likeness (QED) is 0.664. The van der Waals surface area contributed by atoms with E-state index in [9.17, 15) is 0 Å². The molecule has 20 heavy (non-hydrogen) atoms. The summed E-state index contributed by atoms with van der Waals surface area (Å²) in [7, 11) is 0. The summed E-state index contributed by atoms with van der Waals surface area (Å²) < 4.78 is 0. The van der Waals surface area contributed by atoms with Crippen molar-refractivity contribution in [1.82, 2.24) is 0 Å². The molecule has 0 aromatic heterocycles. The van der Waals surface area contributed by atoms with Gasteiger partial charge in [0.05, 0.1) is 21.4 Å². The van der Waals surface area contributed by atoms with Gasteiger partial charge in [0.15, 0.2) is 0 Å². The Bertz CT molecular complexity index is 602. The molecule has 0 fully saturated rings. The number of nitrogens with one attached hydrogen (secondary N) is 2. The van der Waals surface area contributed by atoms with Gasteiger partial charge in [0.2, 0.25) is 0 Å². The molecule has 6 heteroatoms. The van der Waals surface area contributed by atoms with E-state index in [-0.39, 0.29) is 0 Å². The molecule has 2 aromatic carbocycles. The Labute approximate surface area is 138 Å². The van der Waals surface area contributed by atoms with E-state index < -0.39 is 0 Å². The molecule has 0 spiro atoms. The highest BCUT2D eigenvalue weighted by molar-refractivity contribution is 6.36. The molecule has 0 unspecified atom stereocenters. The number of rotatable bonds is 5. The summed E-state index contributed by atoms with van der Waals surface area (Å²) in [4.78, 5) is 0. The third-order valence-corrected chi connectivity index (χ3v) is 3.73. The third kappa shape index (κ3) is 4.35. The molecule has 0 radical (unpaired) electrons. The Morgan fingerprint density at radius 3 is 1.95 bits per heavy atom. The maximum absolute atomic E-state index is 6.07. The molecule has 2 aromatic rings. The first-order valence-electron chi connectivity index (χ1n) is 5.94. The van der Waals surface area contributed by atoms with E-state index >= 15 is 0 Å². The Hall–Kier alpha value is -0.800. The summed E-state index contributed by atoms with van der Waals surface area (Å²) in [5.41, 5.74) is 1.65. The second kappa shape index (κ2) is 7.28.